The molecule has 3 saturated heterocycles. The summed E-state index contributed by atoms with van der Waals surface area (Å²) < 4.78 is 26.1. The number of amides is 2. The third kappa shape index (κ3) is 5.28. The standard InChI is InChI=1S/C23H32FN3O5/c1-25-8-10-26(11-9-25)22(29)12-17-6-7-20-21(32-17)15-31-14-16(28)13-27(20)23(30)18-4-2-3-5-19(18)24/h2-5,16-17,20-21,28H,6-15H2,1H3/t16-,17+,20+,21-/m0/s1. The maximum Gasteiger partial charge on any atom is 0.257 e. The predicted molar refractivity (Wildman–Crippen MR) is 115 cm³/mol. The van der Waals surface area contributed by atoms with E-state index in [1.807, 2.05) is 11.9 Å². The van der Waals surface area contributed by atoms with Crippen LogP contribution in [0.5, 0.6) is 0 Å². The molecule has 32 heavy (non-hydrogen) atoms. The Bertz CT molecular complexity index is 817. The molecule has 1 aromatic carbocycles. The number of fused-ring (bicyclic) bond motifs is 1. The van der Waals surface area contributed by atoms with Crippen LogP contribution in [0, 0.1) is 5.82 Å². The Morgan fingerprint density at radius 2 is 1.88 bits per heavy atom. The van der Waals surface area contributed by atoms with E-state index in [4.69, 9.17) is 9.47 Å². The van der Waals surface area contributed by atoms with E-state index < -0.39 is 23.9 Å². The van der Waals surface area contributed by atoms with Crippen molar-refractivity contribution in [2.24, 2.45) is 0 Å². The molecule has 0 spiro atoms. The van der Waals surface area contributed by atoms with Crippen molar-refractivity contribution >= 4 is 11.8 Å². The molecule has 1 N–H and O–H groups in total. The summed E-state index contributed by atoms with van der Waals surface area (Å²) in [4.78, 5) is 31.6. The van der Waals surface area contributed by atoms with Gasteiger partial charge in [0.15, 0.2) is 0 Å². The van der Waals surface area contributed by atoms with Crippen LogP contribution in [0.4, 0.5) is 4.39 Å². The van der Waals surface area contributed by atoms with Crippen molar-refractivity contribution in [3.63, 3.8) is 0 Å². The number of β-amino-alcohol motifs (C(OH)–C–C–N with tert-alkyl or cyclic N) is 1. The first-order valence-corrected chi connectivity index (χ1v) is 11.4. The SMILES string of the molecule is CN1CCN(C(=O)C[C@H]2CC[C@@H]3[C@H](COC[C@@H](O)CN3C(=O)c3ccccc3F)O2)CC1. The van der Waals surface area contributed by atoms with Gasteiger partial charge in [0.05, 0.1) is 43.4 Å². The fraction of sp³-hybridized carbons (Fsp3) is 0.652. The van der Waals surface area contributed by atoms with Crippen LogP contribution >= 0.6 is 0 Å². The Kier molecular flexibility index (Phi) is 7.40. The highest BCUT2D eigenvalue weighted by Gasteiger charge is 2.41. The number of benzene rings is 1. The summed E-state index contributed by atoms with van der Waals surface area (Å²) in [7, 11) is 2.05. The predicted octanol–water partition coefficient (Wildman–Crippen LogP) is 0.739. The van der Waals surface area contributed by atoms with Crippen molar-refractivity contribution in [3.05, 3.63) is 35.6 Å². The number of carbonyl (C=O) groups is 2. The van der Waals surface area contributed by atoms with E-state index in [-0.39, 0.29) is 43.4 Å². The van der Waals surface area contributed by atoms with Crippen molar-refractivity contribution < 1.29 is 28.6 Å². The number of hydrogen-bond acceptors (Lipinski definition) is 6. The average Bonchev–Trinajstić information content (AvgIpc) is 2.77. The van der Waals surface area contributed by atoms with E-state index in [2.05, 4.69) is 4.90 Å². The van der Waals surface area contributed by atoms with Crippen LogP contribution in [-0.4, -0.2) is 109 Å². The van der Waals surface area contributed by atoms with Crippen LogP contribution in [0.1, 0.15) is 29.6 Å². The van der Waals surface area contributed by atoms with Gasteiger partial charge >= 0.3 is 0 Å². The molecule has 0 aromatic heterocycles. The maximum absolute atomic E-state index is 14.3. The zero-order valence-electron chi connectivity index (χ0n) is 18.5. The monoisotopic (exact) mass is 449 g/mol. The van der Waals surface area contributed by atoms with Gasteiger partial charge in [-0.05, 0) is 32.0 Å². The van der Waals surface area contributed by atoms with Gasteiger partial charge in [0.1, 0.15) is 11.9 Å². The first-order chi connectivity index (χ1) is 15.4. The number of likely N-dealkylation sites (N-methyl/N-ethyl adjacent to an activating group) is 1. The van der Waals surface area contributed by atoms with Crippen LogP contribution in [0.2, 0.25) is 0 Å². The number of aliphatic hydroxyl groups is 1. The van der Waals surface area contributed by atoms with Crippen molar-refractivity contribution in [2.45, 2.75) is 43.6 Å². The topological polar surface area (TPSA) is 82.6 Å². The Morgan fingerprint density at radius 3 is 2.62 bits per heavy atom. The van der Waals surface area contributed by atoms with Crippen LogP contribution < -0.4 is 0 Å². The molecule has 3 aliphatic rings. The molecular formula is C23H32FN3O5. The Morgan fingerprint density at radius 1 is 1.12 bits per heavy atom. The van der Waals surface area contributed by atoms with Crippen molar-refractivity contribution in [1.29, 1.82) is 0 Å². The first-order valence-electron chi connectivity index (χ1n) is 11.4. The molecule has 1 aromatic rings. The molecule has 3 fully saturated rings. The van der Waals surface area contributed by atoms with Gasteiger partial charge in [-0.25, -0.2) is 4.39 Å². The summed E-state index contributed by atoms with van der Waals surface area (Å²) in [6, 6.07) is 5.51. The number of aliphatic hydroxyl groups excluding tert-OH is 1. The van der Waals surface area contributed by atoms with Crippen molar-refractivity contribution in [1.82, 2.24) is 14.7 Å². The van der Waals surface area contributed by atoms with E-state index >= 15 is 0 Å². The van der Waals surface area contributed by atoms with Gasteiger partial charge in [0.2, 0.25) is 5.91 Å². The van der Waals surface area contributed by atoms with Gasteiger partial charge in [0, 0.05) is 32.7 Å². The molecule has 0 radical (unpaired) electrons. The second-order valence-electron chi connectivity index (χ2n) is 8.96. The second-order valence-corrected chi connectivity index (χ2v) is 8.96. The van der Waals surface area contributed by atoms with Gasteiger partial charge in [0.25, 0.3) is 5.91 Å². The van der Waals surface area contributed by atoms with Crippen LogP contribution in [-0.2, 0) is 14.3 Å². The van der Waals surface area contributed by atoms with Gasteiger partial charge in [-0.3, -0.25) is 9.59 Å². The molecule has 0 unspecified atom stereocenters. The minimum Gasteiger partial charge on any atom is -0.389 e. The average molecular weight is 450 g/mol. The summed E-state index contributed by atoms with van der Waals surface area (Å²) in [5.41, 5.74) is -0.0210. The number of piperazine rings is 1. The lowest BCUT2D eigenvalue weighted by molar-refractivity contribution is -0.155. The van der Waals surface area contributed by atoms with Gasteiger partial charge in [-0.15, -0.1) is 0 Å². The minimum absolute atomic E-state index is 0.0210. The number of carbonyl (C=O) groups excluding carboxylic acids is 2. The first kappa shape index (κ1) is 23.1. The molecule has 3 aliphatic heterocycles. The van der Waals surface area contributed by atoms with E-state index in [9.17, 15) is 19.1 Å². The highest BCUT2D eigenvalue weighted by atomic mass is 19.1. The fourth-order valence-corrected chi connectivity index (χ4v) is 4.74. The molecule has 0 saturated carbocycles. The Balaban J connectivity index is 1.44. The molecule has 8 nitrogen and oxygen atoms in total. The third-order valence-corrected chi connectivity index (χ3v) is 6.60. The largest absolute Gasteiger partial charge is 0.389 e. The van der Waals surface area contributed by atoms with Gasteiger partial charge in [-0.2, -0.15) is 0 Å². The minimum atomic E-state index is -0.858. The molecule has 2 amide bonds. The summed E-state index contributed by atoms with van der Waals surface area (Å²) >= 11 is 0. The molecule has 0 aliphatic carbocycles. The highest BCUT2D eigenvalue weighted by molar-refractivity contribution is 5.94. The molecule has 4 rings (SSSR count). The molecule has 9 heteroatoms. The van der Waals surface area contributed by atoms with Crippen molar-refractivity contribution in [2.75, 3.05) is 53.0 Å². The zero-order valence-corrected chi connectivity index (χ0v) is 18.5. The van der Waals surface area contributed by atoms with E-state index in [1.165, 1.54) is 23.1 Å². The normalized spacial score (nSPS) is 29.7. The fourth-order valence-electron chi connectivity index (χ4n) is 4.74. The second kappa shape index (κ2) is 10.2. The summed E-state index contributed by atoms with van der Waals surface area (Å²) in [6.45, 7) is 3.50. The van der Waals surface area contributed by atoms with Crippen molar-refractivity contribution in [3.8, 4) is 0 Å². The molecule has 0 bridgehead atoms. The number of ether oxygens (including phenoxy) is 2. The van der Waals surface area contributed by atoms with E-state index in [0.29, 0.717) is 19.3 Å². The smallest absolute Gasteiger partial charge is 0.257 e. The highest BCUT2D eigenvalue weighted by Crippen LogP contribution is 2.29. The Hall–Kier alpha value is -2.07. The number of halogens is 1. The number of nitrogens with zero attached hydrogens (tertiary/aromatic N) is 3. The number of rotatable bonds is 3. The van der Waals surface area contributed by atoms with Crippen LogP contribution in [0.25, 0.3) is 0 Å². The summed E-state index contributed by atoms with van der Waals surface area (Å²) in [6.07, 6.45) is -0.0294. The zero-order chi connectivity index (χ0) is 22.7. The summed E-state index contributed by atoms with van der Waals surface area (Å²) in [5.74, 6) is -0.966. The van der Waals surface area contributed by atoms with Crippen LogP contribution in [0.3, 0.4) is 0 Å². The molecule has 3 heterocycles. The molecular weight excluding hydrogens is 417 g/mol. The quantitative estimate of drug-likeness (QED) is 0.733. The van der Waals surface area contributed by atoms with E-state index in [1.54, 1.807) is 6.07 Å². The lowest BCUT2D eigenvalue weighted by atomic mass is 9.94. The van der Waals surface area contributed by atoms with Crippen LogP contribution in [0.15, 0.2) is 24.3 Å². The molecule has 176 valence electrons. The summed E-state index contributed by atoms with van der Waals surface area (Å²) in [5, 5.41) is 10.3. The van der Waals surface area contributed by atoms with Gasteiger partial charge in [-0.1, -0.05) is 12.1 Å². The lowest BCUT2D eigenvalue weighted by Crippen LogP contribution is -2.57. The lowest BCUT2D eigenvalue weighted by Gasteiger charge is -2.44. The van der Waals surface area contributed by atoms with Gasteiger partial charge < -0.3 is 29.3 Å². The maximum atomic E-state index is 14.3. The Labute approximate surface area is 187 Å². The number of hydrogen-bond donors (Lipinski definition) is 1. The third-order valence-electron chi connectivity index (χ3n) is 6.60. The van der Waals surface area contributed by atoms with E-state index in [0.717, 1.165) is 26.2 Å². The molecule has 4 atom stereocenters.